The molecule has 0 bridgehead atoms. The first-order valence-electron chi connectivity index (χ1n) is 14.6. The molecule has 2 heterocycles. The van der Waals surface area contributed by atoms with Gasteiger partial charge in [-0.1, -0.05) is 24.3 Å². The van der Waals surface area contributed by atoms with E-state index in [-0.39, 0.29) is 30.4 Å². The molecule has 2 aliphatic rings. The van der Waals surface area contributed by atoms with Crippen molar-refractivity contribution in [2.45, 2.75) is 37.9 Å². The topological polar surface area (TPSA) is 78.5 Å². The molecular weight excluding hydrogens is 539 g/mol. The van der Waals surface area contributed by atoms with Crippen LogP contribution in [-0.4, -0.2) is 65.2 Å². The molecule has 1 saturated heterocycles. The number of carbonyl (C=O) groups excluding carboxylic acids is 1. The Kier molecular flexibility index (Phi) is 10.6. The lowest BCUT2D eigenvalue weighted by Crippen LogP contribution is -2.41. The van der Waals surface area contributed by atoms with E-state index in [1.54, 1.807) is 24.1 Å². The molecule has 3 aromatic carbocycles. The number of rotatable bonds is 14. The molecule has 5 rings (SSSR count). The predicted octanol–water partition coefficient (Wildman–Crippen LogP) is 5.10. The molecule has 3 aromatic rings. The third-order valence-electron chi connectivity index (χ3n) is 7.52. The van der Waals surface area contributed by atoms with Crippen LogP contribution in [0.25, 0.3) is 0 Å². The number of fused-ring (bicyclic) bond motifs is 1. The lowest BCUT2D eigenvalue weighted by atomic mass is 9.87. The molecule has 224 valence electrons. The Labute approximate surface area is 246 Å². The lowest BCUT2D eigenvalue weighted by Gasteiger charge is -2.33. The van der Waals surface area contributed by atoms with Crippen LogP contribution in [0.3, 0.4) is 0 Å². The SMILES string of the molecule is COCCCN1C(=O)COc2ccc(COC3CNCCC3c3ccc(OCCCOc4cccc(F)c4)cc3)cc21. The molecule has 0 radical (unpaired) electrons. The van der Waals surface area contributed by atoms with Crippen molar-refractivity contribution >= 4 is 11.6 Å². The number of hydrogen-bond donors (Lipinski definition) is 1. The summed E-state index contributed by atoms with van der Waals surface area (Å²) < 4.78 is 42.0. The van der Waals surface area contributed by atoms with E-state index in [1.165, 1.54) is 17.7 Å². The van der Waals surface area contributed by atoms with Gasteiger partial charge in [-0.05, 0) is 66.9 Å². The molecule has 1 fully saturated rings. The molecule has 8 nitrogen and oxygen atoms in total. The molecule has 0 aromatic heterocycles. The van der Waals surface area contributed by atoms with Crippen LogP contribution < -0.4 is 24.4 Å². The standard InChI is InChI=1S/C33H39FN2O6/c1-38-16-3-15-36-30-19-24(7-12-31(30)42-23-33(36)37)22-41-32-21-35-14-13-29(32)25-8-10-27(11-9-25)39-17-4-18-40-28-6-2-5-26(34)20-28/h2,5-12,19-20,29,32,35H,3-4,13-18,21-23H2,1H3. The number of piperidine rings is 1. The lowest BCUT2D eigenvalue weighted by molar-refractivity contribution is -0.121. The van der Waals surface area contributed by atoms with E-state index >= 15 is 0 Å². The number of anilines is 1. The highest BCUT2D eigenvalue weighted by Gasteiger charge is 2.28. The number of carbonyl (C=O) groups is 1. The zero-order chi connectivity index (χ0) is 29.1. The minimum absolute atomic E-state index is 0.0113. The van der Waals surface area contributed by atoms with E-state index in [0.717, 1.165) is 48.7 Å². The van der Waals surface area contributed by atoms with Gasteiger partial charge in [0.15, 0.2) is 6.61 Å². The zero-order valence-electron chi connectivity index (χ0n) is 24.1. The van der Waals surface area contributed by atoms with Crippen molar-refractivity contribution in [1.29, 1.82) is 0 Å². The first-order chi connectivity index (χ1) is 20.6. The Balaban J connectivity index is 1.13. The Hall–Kier alpha value is -3.66. The summed E-state index contributed by atoms with van der Waals surface area (Å²) in [5.74, 6) is 1.95. The van der Waals surface area contributed by atoms with Crippen LogP contribution in [0.1, 0.15) is 36.3 Å². The second kappa shape index (κ2) is 15.0. The molecule has 0 spiro atoms. The van der Waals surface area contributed by atoms with Gasteiger partial charge >= 0.3 is 0 Å². The number of halogens is 1. The van der Waals surface area contributed by atoms with Crippen LogP contribution in [0, 0.1) is 5.82 Å². The van der Waals surface area contributed by atoms with Gasteiger partial charge in [-0.2, -0.15) is 0 Å². The van der Waals surface area contributed by atoms with Gasteiger partial charge in [-0.3, -0.25) is 4.79 Å². The van der Waals surface area contributed by atoms with Crippen molar-refractivity contribution in [3.63, 3.8) is 0 Å². The molecule has 0 aliphatic carbocycles. The van der Waals surface area contributed by atoms with E-state index in [1.807, 2.05) is 30.3 Å². The molecule has 2 aliphatic heterocycles. The predicted molar refractivity (Wildman–Crippen MR) is 158 cm³/mol. The summed E-state index contributed by atoms with van der Waals surface area (Å²) in [4.78, 5) is 14.3. The number of ether oxygens (including phenoxy) is 5. The Morgan fingerprint density at radius 3 is 2.62 bits per heavy atom. The van der Waals surface area contributed by atoms with Crippen LogP contribution in [0.5, 0.6) is 17.2 Å². The molecule has 0 saturated carbocycles. The molecule has 1 N–H and O–H groups in total. The summed E-state index contributed by atoms with van der Waals surface area (Å²) in [6, 6.07) is 20.3. The second-order valence-corrected chi connectivity index (χ2v) is 10.5. The van der Waals surface area contributed by atoms with Crippen LogP contribution in [0.15, 0.2) is 66.7 Å². The van der Waals surface area contributed by atoms with Crippen LogP contribution >= 0.6 is 0 Å². The average Bonchev–Trinajstić information content (AvgIpc) is 3.01. The fourth-order valence-corrected chi connectivity index (χ4v) is 5.35. The smallest absolute Gasteiger partial charge is 0.265 e. The van der Waals surface area contributed by atoms with E-state index in [9.17, 15) is 9.18 Å². The van der Waals surface area contributed by atoms with Crippen molar-refractivity contribution in [1.82, 2.24) is 5.32 Å². The van der Waals surface area contributed by atoms with Crippen LogP contribution in [0.2, 0.25) is 0 Å². The molecule has 9 heteroatoms. The van der Waals surface area contributed by atoms with Gasteiger partial charge in [0.2, 0.25) is 0 Å². The maximum Gasteiger partial charge on any atom is 0.265 e. The number of methoxy groups -OCH3 is 1. The normalized spacial score (nSPS) is 18.3. The monoisotopic (exact) mass is 578 g/mol. The van der Waals surface area contributed by atoms with Crippen molar-refractivity contribution in [3.8, 4) is 17.2 Å². The number of benzene rings is 3. The number of nitrogens with one attached hydrogen (secondary N) is 1. The maximum absolute atomic E-state index is 13.3. The molecule has 2 unspecified atom stereocenters. The summed E-state index contributed by atoms with van der Waals surface area (Å²) in [6.45, 7) is 4.34. The van der Waals surface area contributed by atoms with Gasteiger partial charge in [-0.15, -0.1) is 0 Å². The van der Waals surface area contributed by atoms with Crippen molar-refractivity contribution in [2.24, 2.45) is 0 Å². The number of hydrogen-bond acceptors (Lipinski definition) is 7. The van der Waals surface area contributed by atoms with E-state index in [0.29, 0.717) is 45.1 Å². The highest BCUT2D eigenvalue weighted by atomic mass is 19.1. The highest BCUT2D eigenvalue weighted by Crippen LogP contribution is 2.34. The fraction of sp³-hybridized carbons (Fsp3) is 0.424. The van der Waals surface area contributed by atoms with E-state index in [4.69, 9.17) is 23.7 Å². The molecule has 2 atom stereocenters. The second-order valence-electron chi connectivity index (χ2n) is 10.5. The molecule has 1 amide bonds. The van der Waals surface area contributed by atoms with Crippen LogP contribution in [-0.2, 0) is 20.9 Å². The Morgan fingerprint density at radius 2 is 1.81 bits per heavy atom. The van der Waals surface area contributed by atoms with Crippen LogP contribution in [0.4, 0.5) is 10.1 Å². The summed E-state index contributed by atoms with van der Waals surface area (Å²) >= 11 is 0. The summed E-state index contributed by atoms with van der Waals surface area (Å²) in [7, 11) is 1.66. The van der Waals surface area contributed by atoms with Crippen molar-refractivity contribution < 1.29 is 32.9 Å². The maximum atomic E-state index is 13.3. The van der Waals surface area contributed by atoms with Crippen molar-refractivity contribution in [2.75, 3.05) is 58.1 Å². The third kappa shape index (κ3) is 8.00. The van der Waals surface area contributed by atoms with Gasteiger partial charge in [-0.25, -0.2) is 4.39 Å². The third-order valence-corrected chi connectivity index (χ3v) is 7.52. The summed E-state index contributed by atoms with van der Waals surface area (Å²) in [6.07, 6.45) is 2.43. The highest BCUT2D eigenvalue weighted by molar-refractivity contribution is 5.97. The number of amides is 1. The van der Waals surface area contributed by atoms with Gasteiger partial charge in [0, 0.05) is 45.2 Å². The van der Waals surface area contributed by atoms with E-state index in [2.05, 4.69) is 17.4 Å². The summed E-state index contributed by atoms with van der Waals surface area (Å²) in [5, 5.41) is 3.46. The Bertz CT molecular complexity index is 1300. The molecule has 42 heavy (non-hydrogen) atoms. The minimum Gasteiger partial charge on any atom is -0.493 e. The van der Waals surface area contributed by atoms with Gasteiger partial charge in [0.25, 0.3) is 5.91 Å². The zero-order valence-corrected chi connectivity index (χ0v) is 24.1. The van der Waals surface area contributed by atoms with Crippen molar-refractivity contribution in [3.05, 3.63) is 83.7 Å². The average molecular weight is 579 g/mol. The Morgan fingerprint density at radius 1 is 0.976 bits per heavy atom. The first-order valence-corrected chi connectivity index (χ1v) is 14.6. The molecular formula is C33H39FN2O6. The first kappa shape index (κ1) is 29.8. The quantitative estimate of drug-likeness (QED) is 0.267. The van der Waals surface area contributed by atoms with Gasteiger partial charge in [0.1, 0.15) is 23.1 Å². The number of nitrogens with zero attached hydrogens (tertiary/aromatic N) is 1. The summed E-state index contributed by atoms with van der Waals surface area (Å²) in [5.41, 5.74) is 3.01. The fourth-order valence-electron chi connectivity index (χ4n) is 5.35. The largest absolute Gasteiger partial charge is 0.493 e. The minimum atomic E-state index is -0.308. The van der Waals surface area contributed by atoms with Gasteiger partial charge in [0.05, 0.1) is 31.6 Å². The van der Waals surface area contributed by atoms with Gasteiger partial charge < -0.3 is 33.9 Å². The van der Waals surface area contributed by atoms with E-state index < -0.39 is 0 Å².